The summed E-state index contributed by atoms with van der Waals surface area (Å²) in [4.78, 5) is 12.3. The number of thioether (sulfide) groups is 1. The number of amides is 1. The van der Waals surface area contributed by atoms with E-state index >= 15 is 0 Å². The summed E-state index contributed by atoms with van der Waals surface area (Å²) in [6.45, 7) is 4.61. The van der Waals surface area contributed by atoms with Gasteiger partial charge < -0.3 is 14.6 Å². The first kappa shape index (κ1) is 23.9. The fourth-order valence-electron chi connectivity index (χ4n) is 2.81. The van der Waals surface area contributed by atoms with E-state index < -0.39 is 17.6 Å². The van der Waals surface area contributed by atoms with E-state index in [0.29, 0.717) is 23.3 Å². The number of rotatable bonds is 8. The van der Waals surface area contributed by atoms with Crippen LogP contribution in [0.1, 0.15) is 23.9 Å². The molecule has 11 heteroatoms. The normalized spacial score (nSPS) is 11.4. The molecule has 0 saturated heterocycles. The number of halogens is 4. The lowest BCUT2D eigenvalue weighted by Gasteiger charge is -2.14. The van der Waals surface area contributed by atoms with Crippen molar-refractivity contribution in [1.29, 1.82) is 0 Å². The quantitative estimate of drug-likeness (QED) is 0.422. The number of alkyl halides is 3. The Labute approximate surface area is 192 Å². The van der Waals surface area contributed by atoms with E-state index in [1.54, 1.807) is 4.57 Å². The number of hydrogen-bond acceptors (Lipinski definition) is 5. The van der Waals surface area contributed by atoms with Crippen molar-refractivity contribution in [2.75, 3.05) is 11.1 Å². The first-order valence-electron chi connectivity index (χ1n) is 9.58. The summed E-state index contributed by atoms with van der Waals surface area (Å²) < 4.78 is 47.1. The first-order chi connectivity index (χ1) is 15.2. The molecular formula is C21H20ClF3N4O2S. The molecule has 0 saturated carbocycles. The molecule has 0 radical (unpaired) electrons. The number of nitrogens with zero attached hydrogens (tertiary/aromatic N) is 3. The van der Waals surface area contributed by atoms with E-state index in [1.807, 2.05) is 38.1 Å². The van der Waals surface area contributed by atoms with Crippen LogP contribution in [-0.4, -0.2) is 26.4 Å². The molecule has 0 spiro atoms. The Morgan fingerprint density at radius 2 is 1.91 bits per heavy atom. The zero-order chi connectivity index (χ0) is 23.3. The van der Waals surface area contributed by atoms with E-state index in [4.69, 9.17) is 16.3 Å². The minimum Gasteiger partial charge on any atom is -0.486 e. The van der Waals surface area contributed by atoms with Gasteiger partial charge in [0.1, 0.15) is 12.4 Å². The summed E-state index contributed by atoms with van der Waals surface area (Å²) in [5, 5.41) is 10.9. The molecule has 1 aromatic heterocycles. The van der Waals surface area contributed by atoms with Crippen LogP contribution < -0.4 is 10.1 Å². The number of carbonyl (C=O) groups excluding carboxylic acids is 1. The molecule has 0 bridgehead atoms. The van der Waals surface area contributed by atoms with E-state index in [2.05, 4.69) is 15.5 Å². The van der Waals surface area contributed by atoms with Gasteiger partial charge in [0.2, 0.25) is 5.91 Å². The van der Waals surface area contributed by atoms with Crippen molar-refractivity contribution in [3.05, 3.63) is 64.4 Å². The molecule has 0 atom stereocenters. The van der Waals surface area contributed by atoms with E-state index in [9.17, 15) is 18.0 Å². The van der Waals surface area contributed by atoms with Crippen molar-refractivity contribution >= 4 is 35.0 Å². The summed E-state index contributed by atoms with van der Waals surface area (Å²) in [5.41, 5.74) is -0.237. The van der Waals surface area contributed by atoms with E-state index in [0.717, 1.165) is 29.5 Å². The molecule has 0 aliphatic carbocycles. The standard InChI is InChI=1S/C21H20ClF3N4O2S/c1-3-29-18(11-31-15-7-4-13(2)5-8-15)27-28-20(29)32-12-19(30)26-17-9-6-14(22)10-16(17)21(23,24)25/h4-10H,3,11-12H2,1-2H3,(H,26,30). The van der Waals surface area contributed by atoms with Gasteiger partial charge in [-0.05, 0) is 44.2 Å². The predicted molar refractivity (Wildman–Crippen MR) is 117 cm³/mol. The minimum atomic E-state index is -4.64. The highest BCUT2D eigenvalue weighted by molar-refractivity contribution is 7.99. The Morgan fingerprint density at radius 1 is 1.19 bits per heavy atom. The van der Waals surface area contributed by atoms with Gasteiger partial charge in [-0.1, -0.05) is 41.1 Å². The Bertz CT molecular complexity index is 1090. The molecule has 1 amide bonds. The minimum absolute atomic E-state index is 0.0684. The maximum absolute atomic E-state index is 13.2. The molecule has 0 aliphatic heterocycles. The van der Waals surface area contributed by atoms with Gasteiger partial charge in [-0.15, -0.1) is 10.2 Å². The highest BCUT2D eigenvalue weighted by Gasteiger charge is 2.34. The Hall–Kier alpha value is -2.72. The number of ether oxygens (including phenoxy) is 1. The SMILES string of the molecule is CCn1c(COc2ccc(C)cc2)nnc1SCC(=O)Nc1ccc(Cl)cc1C(F)(F)F. The molecule has 170 valence electrons. The Morgan fingerprint density at radius 3 is 2.56 bits per heavy atom. The third-order valence-corrected chi connectivity index (χ3v) is 5.59. The third kappa shape index (κ3) is 6.17. The number of anilines is 1. The van der Waals surface area contributed by atoms with Gasteiger partial charge in [-0.25, -0.2) is 0 Å². The lowest BCUT2D eigenvalue weighted by Crippen LogP contribution is -2.18. The van der Waals surface area contributed by atoms with Crippen LogP contribution in [0.15, 0.2) is 47.6 Å². The van der Waals surface area contributed by atoms with E-state index in [1.165, 1.54) is 6.07 Å². The summed E-state index contributed by atoms with van der Waals surface area (Å²) in [6.07, 6.45) is -4.64. The average molecular weight is 485 g/mol. The van der Waals surface area contributed by atoms with Gasteiger partial charge in [-0.2, -0.15) is 13.2 Å². The average Bonchev–Trinajstić information content (AvgIpc) is 3.14. The van der Waals surface area contributed by atoms with Crippen LogP contribution in [0.5, 0.6) is 5.75 Å². The second-order valence-corrected chi connectivity index (χ2v) is 8.15. The van der Waals surface area contributed by atoms with Crippen molar-refractivity contribution in [3.63, 3.8) is 0 Å². The highest BCUT2D eigenvalue weighted by Crippen LogP contribution is 2.36. The fraction of sp³-hybridized carbons (Fsp3) is 0.286. The largest absolute Gasteiger partial charge is 0.486 e. The number of aryl methyl sites for hydroxylation is 1. The number of nitrogens with one attached hydrogen (secondary N) is 1. The lowest BCUT2D eigenvalue weighted by molar-refractivity contribution is -0.137. The van der Waals surface area contributed by atoms with Crippen LogP contribution in [-0.2, 0) is 24.1 Å². The molecule has 3 aromatic rings. The fourth-order valence-corrected chi connectivity index (χ4v) is 3.80. The van der Waals surface area contributed by atoms with E-state index in [-0.39, 0.29) is 23.1 Å². The van der Waals surface area contributed by atoms with Gasteiger partial charge in [-0.3, -0.25) is 4.79 Å². The van der Waals surface area contributed by atoms with Crippen LogP contribution >= 0.6 is 23.4 Å². The predicted octanol–water partition coefficient (Wildman–Crippen LogP) is 5.59. The maximum Gasteiger partial charge on any atom is 0.418 e. The third-order valence-electron chi connectivity index (χ3n) is 4.39. The van der Waals surface area contributed by atoms with Crippen molar-refractivity contribution in [2.24, 2.45) is 0 Å². The second kappa shape index (κ2) is 10.3. The summed E-state index contributed by atoms with van der Waals surface area (Å²) in [5.74, 6) is 0.522. The lowest BCUT2D eigenvalue weighted by atomic mass is 10.1. The Balaban J connectivity index is 1.62. The summed E-state index contributed by atoms with van der Waals surface area (Å²) >= 11 is 6.74. The van der Waals surface area contributed by atoms with Crippen molar-refractivity contribution in [2.45, 2.75) is 38.3 Å². The van der Waals surface area contributed by atoms with Crippen molar-refractivity contribution < 1.29 is 22.7 Å². The first-order valence-corrected chi connectivity index (χ1v) is 10.9. The van der Waals surface area contributed by atoms with Crippen LogP contribution in [0.25, 0.3) is 0 Å². The van der Waals surface area contributed by atoms with Gasteiger partial charge in [0.15, 0.2) is 11.0 Å². The van der Waals surface area contributed by atoms with Crippen LogP contribution in [0.4, 0.5) is 18.9 Å². The zero-order valence-electron chi connectivity index (χ0n) is 17.2. The van der Waals surface area contributed by atoms with Crippen molar-refractivity contribution in [1.82, 2.24) is 14.8 Å². The molecule has 32 heavy (non-hydrogen) atoms. The van der Waals surface area contributed by atoms with Crippen LogP contribution in [0.3, 0.4) is 0 Å². The molecule has 0 aliphatic rings. The molecular weight excluding hydrogens is 465 g/mol. The van der Waals surface area contributed by atoms with Gasteiger partial charge in [0.05, 0.1) is 17.0 Å². The molecule has 3 rings (SSSR count). The monoisotopic (exact) mass is 484 g/mol. The summed E-state index contributed by atoms with van der Waals surface area (Å²) in [7, 11) is 0. The number of hydrogen-bond donors (Lipinski definition) is 1. The summed E-state index contributed by atoms with van der Waals surface area (Å²) in [6, 6.07) is 10.8. The van der Waals surface area contributed by atoms with Gasteiger partial charge >= 0.3 is 6.18 Å². The van der Waals surface area contributed by atoms with Crippen molar-refractivity contribution in [3.8, 4) is 5.75 Å². The smallest absolute Gasteiger partial charge is 0.418 e. The molecule has 1 N–H and O–H groups in total. The maximum atomic E-state index is 13.2. The van der Waals surface area contributed by atoms with Crippen LogP contribution in [0.2, 0.25) is 5.02 Å². The van der Waals surface area contributed by atoms with Gasteiger partial charge in [0.25, 0.3) is 0 Å². The molecule has 1 heterocycles. The Kier molecular flexibility index (Phi) is 7.68. The molecule has 0 fully saturated rings. The molecule has 6 nitrogen and oxygen atoms in total. The number of aromatic nitrogens is 3. The number of carbonyl (C=O) groups is 1. The topological polar surface area (TPSA) is 69.0 Å². The highest BCUT2D eigenvalue weighted by atomic mass is 35.5. The second-order valence-electron chi connectivity index (χ2n) is 6.77. The van der Waals surface area contributed by atoms with Crippen LogP contribution in [0, 0.1) is 6.92 Å². The molecule has 0 unspecified atom stereocenters. The molecule has 2 aromatic carbocycles. The number of benzene rings is 2. The zero-order valence-corrected chi connectivity index (χ0v) is 18.8. The van der Waals surface area contributed by atoms with Gasteiger partial charge in [0, 0.05) is 11.6 Å².